The first-order valence-corrected chi connectivity index (χ1v) is 8.02. The number of aromatic amines is 2. The molecule has 25 heavy (non-hydrogen) atoms. The van der Waals surface area contributed by atoms with E-state index in [4.69, 9.17) is 4.74 Å². The topological polar surface area (TPSA) is 121 Å². The fourth-order valence-electron chi connectivity index (χ4n) is 2.85. The maximum absolute atomic E-state index is 12.4. The van der Waals surface area contributed by atoms with Gasteiger partial charge in [0.2, 0.25) is 5.88 Å². The van der Waals surface area contributed by atoms with E-state index in [9.17, 15) is 14.4 Å². The van der Waals surface area contributed by atoms with Crippen LogP contribution in [0.2, 0.25) is 0 Å². The summed E-state index contributed by atoms with van der Waals surface area (Å²) in [5.74, 6) is 0.824. The zero-order valence-corrected chi connectivity index (χ0v) is 14.0. The van der Waals surface area contributed by atoms with E-state index >= 15 is 0 Å². The molecule has 9 nitrogen and oxygen atoms in total. The number of hydrogen-bond donors (Lipinski definition) is 2. The Labute approximate surface area is 143 Å². The summed E-state index contributed by atoms with van der Waals surface area (Å²) in [6, 6.07) is 2.88. The standard InChI is InChI=1S/C16H19N5O4/c1-9-7-14(18-10(2)17-9)25-11-3-5-21(6-4-11)15(23)12-8-13(22)20-16(24)19-12/h7-8,11H,3-6H2,1-2H3,(H2,19,20,22,24). The van der Waals surface area contributed by atoms with Crippen LogP contribution in [0.4, 0.5) is 0 Å². The summed E-state index contributed by atoms with van der Waals surface area (Å²) in [5, 5.41) is 0. The highest BCUT2D eigenvalue weighted by Gasteiger charge is 2.25. The number of carbonyl (C=O) groups excluding carboxylic acids is 1. The van der Waals surface area contributed by atoms with Gasteiger partial charge in [-0.25, -0.2) is 9.78 Å². The van der Waals surface area contributed by atoms with Crippen molar-refractivity contribution in [1.29, 1.82) is 0 Å². The lowest BCUT2D eigenvalue weighted by atomic mass is 10.1. The van der Waals surface area contributed by atoms with Crippen LogP contribution in [0.25, 0.3) is 0 Å². The molecule has 0 aliphatic carbocycles. The van der Waals surface area contributed by atoms with Crippen LogP contribution in [0.15, 0.2) is 21.7 Å². The third kappa shape index (κ3) is 4.11. The second kappa shape index (κ2) is 6.88. The highest BCUT2D eigenvalue weighted by Crippen LogP contribution is 2.19. The van der Waals surface area contributed by atoms with Gasteiger partial charge in [0.25, 0.3) is 11.5 Å². The first kappa shape index (κ1) is 16.9. The van der Waals surface area contributed by atoms with Gasteiger partial charge < -0.3 is 14.6 Å². The van der Waals surface area contributed by atoms with Gasteiger partial charge in [-0.05, 0) is 13.8 Å². The van der Waals surface area contributed by atoms with Crippen molar-refractivity contribution in [3.8, 4) is 5.88 Å². The number of aryl methyl sites for hydroxylation is 2. The zero-order chi connectivity index (χ0) is 18.0. The highest BCUT2D eigenvalue weighted by molar-refractivity contribution is 5.92. The lowest BCUT2D eigenvalue weighted by Crippen LogP contribution is -2.43. The smallest absolute Gasteiger partial charge is 0.326 e. The van der Waals surface area contributed by atoms with Crippen LogP contribution >= 0.6 is 0 Å². The third-order valence-corrected chi connectivity index (χ3v) is 3.95. The van der Waals surface area contributed by atoms with Crippen LogP contribution in [-0.4, -0.2) is 49.9 Å². The molecule has 9 heteroatoms. The van der Waals surface area contributed by atoms with E-state index in [1.54, 1.807) is 11.0 Å². The molecule has 2 aromatic heterocycles. The van der Waals surface area contributed by atoms with Crippen LogP contribution in [0.1, 0.15) is 34.8 Å². The molecule has 1 aliphatic heterocycles. The van der Waals surface area contributed by atoms with Crippen molar-refractivity contribution in [3.05, 3.63) is 50.2 Å². The van der Waals surface area contributed by atoms with Gasteiger partial charge in [-0.1, -0.05) is 0 Å². The summed E-state index contributed by atoms with van der Waals surface area (Å²) in [5.41, 5.74) is -0.452. The molecule has 0 spiro atoms. The SMILES string of the molecule is Cc1cc(OC2CCN(C(=O)c3cc(=O)[nH]c(=O)[nH]3)CC2)nc(C)n1. The van der Waals surface area contributed by atoms with E-state index in [0.29, 0.717) is 37.6 Å². The number of piperidine rings is 1. The number of carbonyl (C=O) groups is 1. The number of ether oxygens (including phenoxy) is 1. The van der Waals surface area contributed by atoms with Gasteiger partial charge in [-0.3, -0.25) is 14.6 Å². The third-order valence-electron chi connectivity index (χ3n) is 3.95. The van der Waals surface area contributed by atoms with Gasteiger partial charge >= 0.3 is 5.69 Å². The Morgan fingerprint density at radius 2 is 1.88 bits per heavy atom. The quantitative estimate of drug-likeness (QED) is 0.817. The Bertz CT molecular complexity index is 847. The Kier molecular flexibility index (Phi) is 4.64. The summed E-state index contributed by atoms with van der Waals surface area (Å²) in [6.45, 7) is 4.64. The maximum Gasteiger partial charge on any atom is 0.326 e. The Morgan fingerprint density at radius 1 is 1.16 bits per heavy atom. The number of rotatable bonds is 3. The summed E-state index contributed by atoms with van der Waals surface area (Å²) in [6.07, 6.45) is 1.23. The van der Waals surface area contributed by atoms with E-state index < -0.39 is 11.2 Å². The monoisotopic (exact) mass is 345 g/mol. The van der Waals surface area contributed by atoms with Gasteiger partial charge in [-0.15, -0.1) is 0 Å². The molecule has 2 N–H and O–H groups in total. The van der Waals surface area contributed by atoms with Crippen molar-refractivity contribution in [2.75, 3.05) is 13.1 Å². The van der Waals surface area contributed by atoms with Crippen LogP contribution in [0.5, 0.6) is 5.88 Å². The minimum Gasteiger partial charge on any atom is -0.474 e. The molecule has 1 aliphatic rings. The molecule has 1 saturated heterocycles. The molecule has 3 rings (SSSR count). The second-order valence-corrected chi connectivity index (χ2v) is 6.01. The number of nitrogens with zero attached hydrogens (tertiary/aromatic N) is 3. The first-order valence-electron chi connectivity index (χ1n) is 8.02. The van der Waals surface area contributed by atoms with E-state index in [1.807, 2.05) is 18.8 Å². The maximum atomic E-state index is 12.4. The van der Waals surface area contributed by atoms with Crippen LogP contribution in [0.3, 0.4) is 0 Å². The van der Waals surface area contributed by atoms with Gasteiger partial charge in [0.15, 0.2) is 0 Å². The highest BCUT2D eigenvalue weighted by atomic mass is 16.5. The molecule has 3 heterocycles. The van der Waals surface area contributed by atoms with Crippen molar-refractivity contribution >= 4 is 5.91 Å². The lowest BCUT2D eigenvalue weighted by Gasteiger charge is -2.31. The van der Waals surface area contributed by atoms with Gasteiger partial charge in [0.05, 0.1) is 0 Å². The molecule has 1 amide bonds. The fourth-order valence-corrected chi connectivity index (χ4v) is 2.85. The molecule has 0 aromatic carbocycles. The van der Waals surface area contributed by atoms with Crippen LogP contribution in [0, 0.1) is 13.8 Å². The van der Waals surface area contributed by atoms with Crippen molar-refractivity contribution in [2.24, 2.45) is 0 Å². The van der Waals surface area contributed by atoms with Crippen molar-refractivity contribution in [2.45, 2.75) is 32.8 Å². The van der Waals surface area contributed by atoms with E-state index in [1.165, 1.54) is 0 Å². The van der Waals surface area contributed by atoms with Crippen LogP contribution < -0.4 is 16.0 Å². The van der Waals surface area contributed by atoms with E-state index in [0.717, 1.165) is 11.8 Å². The fraction of sp³-hybridized carbons (Fsp3) is 0.438. The molecule has 0 saturated carbocycles. The molecule has 0 bridgehead atoms. The summed E-state index contributed by atoms with van der Waals surface area (Å²) in [4.78, 5) is 49.5. The van der Waals surface area contributed by atoms with Crippen LogP contribution in [-0.2, 0) is 0 Å². The minimum atomic E-state index is -0.691. The van der Waals surface area contributed by atoms with Crippen molar-refractivity contribution in [1.82, 2.24) is 24.8 Å². The number of nitrogens with one attached hydrogen (secondary N) is 2. The second-order valence-electron chi connectivity index (χ2n) is 6.01. The predicted molar refractivity (Wildman–Crippen MR) is 88.7 cm³/mol. The average Bonchev–Trinajstić information content (AvgIpc) is 2.53. The van der Waals surface area contributed by atoms with Crippen molar-refractivity contribution < 1.29 is 9.53 Å². The summed E-state index contributed by atoms with van der Waals surface area (Å²) < 4.78 is 5.89. The molecule has 2 aromatic rings. The molecule has 0 radical (unpaired) electrons. The van der Waals surface area contributed by atoms with Gasteiger partial charge in [0.1, 0.15) is 17.6 Å². The molecule has 0 atom stereocenters. The summed E-state index contributed by atoms with van der Waals surface area (Å²) >= 11 is 0. The number of hydrogen-bond acceptors (Lipinski definition) is 6. The zero-order valence-electron chi connectivity index (χ0n) is 14.0. The lowest BCUT2D eigenvalue weighted by molar-refractivity contribution is 0.0581. The number of amides is 1. The number of H-pyrrole nitrogens is 2. The Hall–Kier alpha value is -2.97. The molecular formula is C16H19N5O4. The summed E-state index contributed by atoms with van der Waals surface area (Å²) in [7, 11) is 0. The Balaban J connectivity index is 1.62. The first-order chi connectivity index (χ1) is 11.9. The van der Waals surface area contributed by atoms with Crippen molar-refractivity contribution in [3.63, 3.8) is 0 Å². The van der Waals surface area contributed by atoms with E-state index in [-0.39, 0.29) is 17.7 Å². The molecule has 0 unspecified atom stereocenters. The molecule has 132 valence electrons. The number of likely N-dealkylation sites (tertiary alicyclic amines) is 1. The largest absolute Gasteiger partial charge is 0.474 e. The molecule has 1 fully saturated rings. The number of aromatic nitrogens is 4. The predicted octanol–water partition coefficient (Wildman–Crippen LogP) is 0.154. The normalized spacial score (nSPS) is 15.2. The average molecular weight is 345 g/mol. The van der Waals surface area contributed by atoms with E-state index in [2.05, 4.69) is 15.0 Å². The van der Waals surface area contributed by atoms with Gasteiger partial charge in [-0.2, -0.15) is 4.98 Å². The van der Waals surface area contributed by atoms with Gasteiger partial charge in [0, 0.05) is 43.8 Å². The Morgan fingerprint density at radius 3 is 2.52 bits per heavy atom. The minimum absolute atomic E-state index is 0.00447. The molecular weight excluding hydrogens is 326 g/mol.